The molecule has 3 N–H and O–H groups in total. The largest absolute Gasteiger partial charge is 0.504 e. The fourth-order valence-electron chi connectivity index (χ4n) is 8.01. The Balaban J connectivity index is 1.26. The molecular formula is C30H32N2O4S. The normalized spacial score (nSPS) is 32.4. The summed E-state index contributed by atoms with van der Waals surface area (Å²) in [4.78, 5) is 16.0. The van der Waals surface area contributed by atoms with E-state index >= 15 is 0 Å². The zero-order valence-electron chi connectivity index (χ0n) is 20.9. The highest BCUT2D eigenvalue weighted by molar-refractivity contribution is 7.17. The van der Waals surface area contributed by atoms with Gasteiger partial charge in [0, 0.05) is 22.8 Å². The van der Waals surface area contributed by atoms with Crippen LogP contribution in [-0.2, 0) is 16.6 Å². The Morgan fingerprint density at radius 1 is 1.32 bits per heavy atom. The van der Waals surface area contributed by atoms with Gasteiger partial charge in [0.25, 0.3) is 0 Å². The highest BCUT2D eigenvalue weighted by Crippen LogP contribution is 2.65. The Bertz CT molecular complexity index is 1430. The summed E-state index contributed by atoms with van der Waals surface area (Å²) in [6.45, 7) is 7.43. The smallest absolute Gasteiger partial charge is 0.227 e. The van der Waals surface area contributed by atoms with Crippen molar-refractivity contribution >= 4 is 27.3 Å². The number of fused-ring (bicyclic) bond motifs is 1. The first-order chi connectivity index (χ1) is 17.9. The van der Waals surface area contributed by atoms with Gasteiger partial charge in [0.05, 0.1) is 23.0 Å². The number of nitrogens with one attached hydrogen (secondary N) is 1. The van der Waals surface area contributed by atoms with Crippen molar-refractivity contribution in [2.75, 3.05) is 13.1 Å². The first-order valence-electron chi connectivity index (χ1n) is 13.2. The number of rotatable bonds is 5. The van der Waals surface area contributed by atoms with Crippen LogP contribution >= 0.6 is 11.3 Å². The summed E-state index contributed by atoms with van der Waals surface area (Å²) in [6.07, 6.45) is 4.08. The molecule has 4 aliphatic rings. The van der Waals surface area contributed by atoms with Crippen LogP contribution in [-0.4, -0.2) is 57.9 Å². The van der Waals surface area contributed by atoms with E-state index < -0.39 is 17.1 Å². The van der Waals surface area contributed by atoms with Crippen molar-refractivity contribution in [1.29, 1.82) is 0 Å². The molecule has 1 amide bonds. The number of phenols is 1. The molecule has 2 fully saturated rings. The number of likely N-dealkylation sites (tertiary alicyclic amines) is 1. The van der Waals surface area contributed by atoms with Crippen LogP contribution in [0.5, 0.6) is 11.5 Å². The van der Waals surface area contributed by atoms with Crippen LogP contribution in [0, 0.1) is 0 Å². The number of carbonyl (C=O) groups is 1. The lowest BCUT2D eigenvalue weighted by atomic mass is 9.48. The second kappa shape index (κ2) is 8.06. The maximum atomic E-state index is 13.7. The average Bonchev–Trinajstić information content (AvgIpc) is 3.51. The van der Waals surface area contributed by atoms with Crippen LogP contribution in [0.2, 0.25) is 0 Å². The van der Waals surface area contributed by atoms with Crippen molar-refractivity contribution in [2.45, 2.75) is 67.7 Å². The molecule has 3 unspecified atom stereocenters. The van der Waals surface area contributed by atoms with Crippen molar-refractivity contribution in [3.8, 4) is 11.5 Å². The van der Waals surface area contributed by atoms with E-state index in [0.29, 0.717) is 31.4 Å². The monoisotopic (exact) mass is 516 g/mol. The standard InChI is InChI=1S/C30H32N2O4S/c1-3-13-32-14-12-29-25-18-7-8-22(33)26(25)36-27(29)21(9-11-30(29,35)24(32)16-18)31-28(34)17(2)19-5-4-6-23-20(19)10-15-37-23/h3-8,10,15,17,21,24,27,33,35H,1,9,11-14,16H2,2H3,(H,31,34)/t17?,21?,24-,27?,29+,30-/m1/s1. The highest BCUT2D eigenvalue weighted by Gasteiger charge is 2.73. The number of hydrogen-bond donors (Lipinski definition) is 3. The van der Waals surface area contributed by atoms with Crippen molar-refractivity contribution in [2.24, 2.45) is 0 Å². The van der Waals surface area contributed by atoms with Gasteiger partial charge >= 0.3 is 0 Å². The van der Waals surface area contributed by atoms with E-state index in [2.05, 4.69) is 34.3 Å². The summed E-state index contributed by atoms with van der Waals surface area (Å²) >= 11 is 1.68. The minimum atomic E-state index is -1.000. The van der Waals surface area contributed by atoms with Gasteiger partial charge in [-0.25, -0.2) is 0 Å². The number of benzene rings is 2. The van der Waals surface area contributed by atoms with Gasteiger partial charge in [0.1, 0.15) is 6.10 Å². The van der Waals surface area contributed by atoms with Gasteiger partial charge in [-0.3, -0.25) is 9.69 Å². The van der Waals surface area contributed by atoms with E-state index in [4.69, 9.17) is 4.74 Å². The number of carbonyl (C=O) groups excluding carboxylic acids is 1. The van der Waals surface area contributed by atoms with Gasteiger partial charge in [-0.15, -0.1) is 17.9 Å². The van der Waals surface area contributed by atoms with Gasteiger partial charge in [0.2, 0.25) is 5.91 Å². The minimum Gasteiger partial charge on any atom is -0.504 e. The lowest BCUT2D eigenvalue weighted by molar-refractivity contribution is -0.190. The number of phenolic OH excluding ortho intramolecular Hbond substituents is 1. The van der Waals surface area contributed by atoms with Crippen LogP contribution in [0.1, 0.15) is 48.8 Å². The van der Waals surface area contributed by atoms with E-state index in [9.17, 15) is 15.0 Å². The predicted octanol–water partition coefficient (Wildman–Crippen LogP) is 4.24. The Morgan fingerprint density at radius 3 is 3.03 bits per heavy atom. The molecule has 1 aromatic heterocycles. The number of ether oxygens (including phenoxy) is 1. The highest BCUT2D eigenvalue weighted by atomic mass is 32.1. The predicted molar refractivity (Wildman–Crippen MR) is 144 cm³/mol. The molecule has 0 radical (unpaired) electrons. The van der Waals surface area contributed by atoms with E-state index in [-0.39, 0.29) is 29.7 Å². The second-order valence-electron chi connectivity index (χ2n) is 11.2. The van der Waals surface area contributed by atoms with Gasteiger partial charge in [0.15, 0.2) is 11.5 Å². The van der Waals surface area contributed by atoms with Crippen LogP contribution in [0.25, 0.3) is 10.1 Å². The van der Waals surface area contributed by atoms with Gasteiger partial charge in [-0.05, 0) is 79.2 Å². The molecule has 1 saturated carbocycles. The SMILES string of the molecule is C=CCN1CC[C@]23c4c5ccc(O)c4OC2C(NC(=O)C(C)c2cccc4sccc24)CC[C@@]3(O)[C@H]1C5. The van der Waals surface area contributed by atoms with Gasteiger partial charge in [-0.2, -0.15) is 0 Å². The average molecular weight is 517 g/mol. The molecule has 6 atom stereocenters. The molecule has 2 aliphatic heterocycles. The summed E-state index contributed by atoms with van der Waals surface area (Å²) in [5.74, 6) is 0.247. The Morgan fingerprint density at radius 2 is 2.19 bits per heavy atom. The van der Waals surface area contributed by atoms with E-state index in [1.807, 2.05) is 31.2 Å². The lowest BCUT2D eigenvalue weighted by Gasteiger charge is -2.64. The number of hydrogen-bond acceptors (Lipinski definition) is 6. The Kier molecular flexibility index (Phi) is 5.07. The van der Waals surface area contributed by atoms with Crippen LogP contribution in [0.3, 0.4) is 0 Å². The lowest BCUT2D eigenvalue weighted by Crippen LogP contribution is -2.78. The Hall–Kier alpha value is -2.87. The molecule has 37 heavy (non-hydrogen) atoms. The van der Waals surface area contributed by atoms with Crippen LogP contribution in [0.4, 0.5) is 0 Å². The number of aliphatic hydroxyl groups is 1. The quantitative estimate of drug-likeness (QED) is 0.442. The summed E-state index contributed by atoms with van der Waals surface area (Å²) < 4.78 is 7.74. The molecule has 7 rings (SSSR count). The summed E-state index contributed by atoms with van der Waals surface area (Å²) in [7, 11) is 0. The van der Waals surface area contributed by atoms with Crippen molar-refractivity contribution in [3.63, 3.8) is 0 Å². The molecular weight excluding hydrogens is 484 g/mol. The van der Waals surface area contributed by atoms with Crippen molar-refractivity contribution in [1.82, 2.24) is 10.2 Å². The van der Waals surface area contributed by atoms with E-state index in [1.54, 1.807) is 17.4 Å². The molecule has 2 bridgehead atoms. The zero-order valence-corrected chi connectivity index (χ0v) is 21.8. The molecule has 6 nitrogen and oxygen atoms in total. The third-order valence-corrected chi connectivity index (χ3v) is 10.5. The zero-order chi connectivity index (χ0) is 25.5. The van der Waals surface area contributed by atoms with E-state index in [1.165, 1.54) is 4.70 Å². The van der Waals surface area contributed by atoms with Crippen molar-refractivity contribution < 1.29 is 19.7 Å². The minimum absolute atomic E-state index is 0.0361. The fourth-order valence-corrected chi connectivity index (χ4v) is 8.83. The third kappa shape index (κ3) is 2.96. The molecule has 3 aromatic rings. The van der Waals surface area contributed by atoms with Crippen LogP contribution in [0.15, 0.2) is 54.4 Å². The molecule has 1 spiro atoms. The maximum Gasteiger partial charge on any atom is 0.227 e. The second-order valence-corrected chi connectivity index (χ2v) is 12.1. The van der Waals surface area contributed by atoms with E-state index in [0.717, 1.165) is 35.2 Å². The summed E-state index contributed by atoms with van der Waals surface area (Å²) in [6, 6.07) is 11.6. The first-order valence-corrected chi connectivity index (χ1v) is 14.1. The molecule has 1 saturated heterocycles. The molecule has 2 aromatic carbocycles. The molecule has 7 heteroatoms. The summed E-state index contributed by atoms with van der Waals surface area (Å²) in [5, 5.41) is 29.8. The first kappa shape index (κ1) is 23.3. The fraction of sp³-hybridized carbons (Fsp3) is 0.433. The summed E-state index contributed by atoms with van der Waals surface area (Å²) in [5.41, 5.74) is 1.45. The Labute approximate surface area is 220 Å². The molecule has 3 heterocycles. The number of aromatic hydroxyl groups is 1. The third-order valence-electron chi connectivity index (χ3n) is 9.65. The van der Waals surface area contributed by atoms with Crippen molar-refractivity contribution in [3.05, 3.63) is 71.1 Å². The number of nitrogens with zero attached hydrogens (tertiary/aromatic N) is 1. The van der Waals surface area contributed by atoms with Crippen LogP contribution < -0.4 is 10.1 Å². The molecule has 2 aliphatic carbocycles. The topological polar surface area (TPSA) is 82.0 Å². The maximum absolute atomic E-state index is 13.7. The number of amides is 1. The number of piperidine rings is 1. The number of thiophene rings is 1. The molecule has 192 valence electrons. The van der Waals surface area contributed by atoms with Gasteiger partial charge in [-0.1, -0.05) is 24.3 Å². The van der Waals surface area contributed by atoms with Gasteiger partial charge < -0.3 is 20.3 Å².